The minimum Gasteiger partial charge on any atom is -0.294 e. The first-order valence-electron chi connectivity index (χ1n) is 4.11. The van der Waals surface area contributed by atoms with Gasteiger partial charge in [-0.05, 0) is 24.5 Å². The lowest BCUT2D eigenvalue weighted by atomic mass is 10.1. The van der Waals surface area contributed by atoms with Crippen molar-refractivity contribution in [2.45, 2.75) is 11.3 Å². The Bertz CT molecular complexity index is 339. The molecule has 1 aromatic rings. The summed E-state index contributed by atoms with van der Waals surface area (Å²) in [5, 5.41) is 0.584. The molecule has 1 aromatic carbocycles. The van der Waals surface area contributed by atoms with E-state index in [4.69, 9.17) is 23.2 Å². The fourth-order valence-corrected chi connectivity index (χ4v) is 2.06. The van der Waals surface area contributed by atoms with E-state index in [1.807, 2.05) is 12.3 Å². The van der Waals surface area contributed by atoms with E-state index in [0.29, 0.717) is 22.9 Å². The van der Waals surface area contributed by atoms with Crippen molar-refractivity contribution in [3.63, 3.8) is 0 Å². The Morgan fingerprint density at radius 1 is 1.50 bits per heavy atom. The lowest BCUT2D eigenvalue weighted by Crippen LogP contribution is -2.01. The van der Waals surface area contributed by atoms with Crippen molar-refractivity contribution in [3.8, 4) is 0 Å². The molecule has 0 saturated carbocycles. The van der Waals surface area contributed by atoms with Crippen LogP contribution in [0.25, 0.3) is 0 Å². The summed E-state index contributed by atoms with van der Waals surface area (Å²) < 4.78 is 0. The zero-order chi connectivity index (χ0) is 10.6. The molecule has 0 radical (unpaired) electrons. The summed E-state index contributed by atoms with van der Waals surface area (Å²) in [5.41, 5.74) is 0.672. The highest BCUT2D eigenvalue weighted by Gasteiger charge is 2.10. The second kappa shape index (κ2) is 5.64. The highest BCUT2D eigenvalue weighted by molar-refractivity contribution is 7.98. The lowest BCUT2D eigenvalue weighted by molar-refractivity contribution is 0.0986. The number of hydrogen-bond acceptors (Lipinski definition) is 2. The third kappa shape index (κ3) is 2.91. The molecule has 0 aliphatic carbocycles. The Balaban J connectivity index is 3.03. The Kier molecular flexibility index (Phi) is 4.79. The summed E-state index contributed by atoms with van der Waals surface area (Å²) in [6, 6.07) is 5.33. The van der Waals surface area contributed by atoms with Crippen molar-refractivity contribution in [1.82, 2.24) is 0 Å². The minimum atomic E-state index is 0.0480. The minimum absolute atomic E-state index is 0.0480. The number of ketones is 1. The molecule has 0 bridgehead atoms. The van der Waals surface area contributed by atoms with Gasteiger partial charge in [0.2, 0.25) is 0 Å². The van der Waals surface area contributed by atoms with Gasteiger partial charge in [0, 0.05) is 27.8 Å². The van der Waals surface area contributed by atoms with Crippen LogP contribution in [0.1, 0.15) is 16.8 Å². The molecule has 4 heteroatoms. The standard InChI is InChI=1S/C10H10Cl2OS/c1-14-10-3-2-7(12)6-8(10)9(13)4-5-11/h2-3,6H,4-5H2,1H3. The van der Waals surface area contributed by atoms with E-state index in [0.717, 1.165) is 4.90 Å². The molecule has 1 rings (SSSR count). The monoisotopic (exact) mass is 248 g/mol. The van der Waals surface area contributed by atoms with Crippen LogP contribution in [0, 0.1) is 0 Å². The Hall–Kier alpha value is -0.180. The van der Waals surface area contributed by atoms with Crippen molar-refractivity contribution in [2.24, 2.45) is 0 Å². The summed E-state index contributed by atoms with van der Waals surface area (Å²) in [7, 11) is 0. The fourth-order valence-electron chi connectivity index (χ4n) is 1.12. The first kappa shape index (κ1) is 11.9. The van der Waals surface area contributed by atoms with Crippen molar-refractivity contribution >= 4 is 40.7 Å². The summed E-state index contributed by atoms with van der Waals surface area (Å²) >= 11 is 12.9. The van der Waals surface area contributed by atoms with Gasteiger partial charge >= 0.3 is 0 Å². The van der Waals surface area contributed by atoms with Gasteiger partial charge in [-0.15, -0.1) is 23.4 Å². The van der Waals surface area contributed by atoms with Gasteiger partial charge in [-0.25, -0.2) is 0 Å². The predicted octanol–water partition coefficient (Wildman–Crippen LogP) is 3.87. The highest BCUT2D eigenvalue weighted by Crippen LogP contribution is 2.25. The van der Waals surface area contributed by atoms with Crippen LogP contribution in [0.3, 0.4) is 0 Å². The van der Waals surface area contributed by atoms with Gasteiger partial charge < -0.3 is 0 Å². The van der Waals surface area contributed by atoms with Gasteiger partial charge in [0.15, 0.2) is 5.78 Å². The van der Waals surface area contributed by atoms with E-state index in [9.17, 15) is 4.79 Å². The third-order valence-electron chi connectivity index (χ3n) is 1.78. The molecule has 0 amide bonds. The quantitative estimate of drug-likeness (QED) is 0.457. The van der Waals surface area contributed by atoms with Crippen molar-refractivity contribution in [1.29, 1.82) is 0 Å². The number of thioether (sulfide) groups is 1. The second-order valence-electron chi connectivity index (χ2n) is 2.71. The average molecular weight is 249 g/mol. The molecule has 0 saturated heterocycles. The van der Waals surface area contributed by atoms with E-state index < -0.39 is 0 Å². The van der Waals surface area contributed by atoms with Gasteiger partial charge in [-0.2, -0.15) is 0 Å². The SMILES string of the molecule is CSc1ccc(Cl)cc1C(=O)CCCl. The van der Waals surface area contributed by atoms with Gasteiger partial charge in [0.25, 0.3) is 0 Å². The summed E-state index contributed by atoms with van der Waals surface area (Å²) in [4.78, 5) is 12.6. The van der Waals surface area contributed by atoms with Gasteiger partial charge in [0.1, 0.15) is 0 Å². The zero-order valence-electron chi connectivity index (χ0n) is 7.72. The Morgan fingerprint density at radius 3 is 2.79 bits per heavy atom. The van der Waals surface area contributed by atoms with Crippen LogP contribution in [0.5, 0.6) is 0 Å². The average Bonchev–Trinajstić information content (AvgIpc) is 2.18. The maximum Gasteiger partial charge on any atom is 0.165 e. The molecule has 0 aliphatic rings. The molecule has 0 N–H and O–H groups in total. The zero-order valence-corrected chi connectivity index (χ0v) is 10.0. The summed E-state index contributed by atoms with van der Waals surface area (Å²) in [5.74, 6) is 0.394. The Labute approximate surface area is 97.8 Å². The fraction of sp³-hybridized carbons (Fsp3) is 0.300. The molecule has 0 aliphatic heterocycles. The number of carbonyl (C=O) groups excluding carboxylic acids is 1. The van der Waals surface area contributed by atoms with Crippen LogP contribution in [-0.4, -0.2) is 17.9 Å². The molecular weight excluding hydrogens is 239 g/mol. The van der Waals surface area contributed by atoms with Crippen LogP contribution < -0.4 is 0 Å². The first-order valence-corrected chi connectivity index (χ1v) is 6.25. The predicted molar refractivity (Wildman–Crippen MR) is 62.9 cm³/mol. The molecule has 0 spiro atoms. The summed E-state index contributed by atoms with van der Waals surface area (Å²) in [6.45, 7) is 0. The molecule has 0 heterocycles. The number of Topliss-reactive ketones (excluding diaryl/α,β-unsaturated/α-hetero) is 1. The van der Waals surface area contributed by atoms with E-state index in [2.05, 4.69) is 0 Å². The molecule has 0 unspecified atom stereocenters. The smallest absolute Gasteiger partial charge is 0.165 e. The van der Waals surface area contributed by atoms with Crippen LogP contribution in [0.4, 0.5) is 0 Å². The van der Waals surface area contributed by atoms with E-state index in [1.54, 1.807) is 12.1 Å². The van der Waals surface area contributed by atoms with Gasteiger partial charge in [0.05, 0.1) is 0 Å². The van der Waals surface area contributed by atoms with E-state index in [-0.39, 0.29) is 5.78 Å². The lowest BCUT2D eigenvalue weighted by Gasteiger charge is -2.05. The van der Waals surface area contributed by atoms with Crippen molar-refractivity contribution < 1.29 is 4.79 Å². The van der Waals surface area contributed by atoms with Crippen molar-refractivity contribution in [2.75, 3.05) is 12.1 Å². The number of alkyl halides is 1. The summed E-state index contributed by atoms with van der Waals surface area (Å²) in [6.07, 6.45) is 2.29. The van der Waals surface area contributed by atoms with Gasteiger partial charge in [-0.3, -0.25) is 4.79 Å². The molecule has 1 nitrogen and oxygen atoms in total. The Morgan fingerprint density at radius 2 is 2.21 bits per heavy atom. The molecule has 0 fully saturated rings. The number of hydrogen-bond donors (Lipinski definition) is 0. The van der Waals surface area contributed by atoms with Crippen molar-refractivity contribution in [3.05, 3.63) is 28.8 Å². The molecular formula is C10H10Cl2OS. The number of benzene rings is 1. The normalized spacial score (nSPS) is 10.2. The van der Waals surface area contributed by atoms with E-state index in [1.165, 1.54) is 11.8 Å². The topological polar surface area (TPSA) is 17.1 Å². The first-order chi connectivity index (χ1) is 6.69. The third-order valence-corrected chi connectivity index (χ3v) is 3.00. The molecule has 14 heavy (non-hydrogen) atoms. The maximum atomic E-state index is 11.6. The molecule has 0 aromatic heterocycles. The molecule has 0 atom stereocenters. The largest absolute Gasteiger partial charge is 0.294 e. The number of rotatable bonds is 4. The number of halogens is 2. The maximum absolute atomic E-state index is 11.6. The van der Waals surface area contributed by atoms with Crippen LogP contribution in [0.2, 0.25) is 5.02 Å². The van der Waals surface area contributed by atoms with Crippen LogP contribution in [0.15, 0.2) is 23.1 Å². The number of carbonyl (C=O) groups is 1. The van der Waals surface area contributed by atoms with E-state index >= 15 is 0 Å². The van der Waals surface area contributed by atoms with Gasteiger partial charge in [-0.1, -0.05) is 11.6 Å². The van der Waals surface area contributed by atoms with Crippen LogP contribution >= 0.6 is 35.0 Å². The highest BCUT2D eigenvalue weighted by atomic mass is 35.5. The molecule has 76 valence electrons. The van der Waals surface area contributed by atoms with Crippen LogP contribution in [-0.2, 0) is 0 Å². The second-order valence-corrected chi connectivity index (χ2v) is 4.37.